The van der Waals surface area contributed by atoms with E-state index in [1.54, 1.807) is 20.8 Å². The summed E-state index contributed by atoms with van der Waals surface area (Å²) >= 11 is 11.5. The van der Waals surface area contributed by atoms with Crippen LogP contribution in [-0.4, -0.2) is 42.8 Å². The summed E-state index contributed by atoms with van der Waals surface area (Å²) in [6.45, 7) is 7.34. The van der Waals surface area contributed by atoms with E-state index in [0.717, 1.165) is 0 Å². The minimum Gasteiger partial charge on any atom is -0.308 e. The highest BCUT2D eigenvalue weighted by molar-refractivity contribution is 7.92. The van der Waals surface area contributed by atoms with Crippen molar-refractivity contribution in [3.63, 3.8) is 0 Å². The predicted molar refractivity (Wildman–Crippen MR) is 71.4 cm³/mol. The smallest absolute Gasteiger partial charge is 0.156 e. The minimum atomic E-state index is -3.09. The molecule has 0 bridgehead atoms. The quantitative estimate of drug-likeness (QED) is 0.761. The van der Waals surface area contributed by atoms with Crippen LogP contribution in [0.15, 0.2) is 0 Å². The zero-order valence-electron chi connectivity index (χ0n) is 10.3. The molecule has 16 heavy (non-hydrogen) atoms. The third-order valence-corrected chi connectivity index (χ3v) is 6.23. The van der Waals surface area contributed by atoms with Gasteiger partial charge in [0, 0.05) is 23.8 Å². The molecule has 98 valence electrons. The van der Waals surface area contributed by atoms with Crippen LogP contribution in [0.2, 0.25) is 0 Å². The van der Waals surface area contributed by atoms with Crippen LogP contribution in [0.3, 0.4) is 0 Å². The summed E-state index contributed by atoms with van der Waals surface area (Å²) in [5.41, 5.74) is -0.406. The van der Waals surface area contributed by atoms with Crippen LogP contribution in [0, 0.1) is 0 Å². The molecule has 0 radical (unpaired) electrons. The largest absolute Gasteiger partial charge is 0.308 e. The summed E-state index contributed by atoms with van der Waals surface area (Å²) in [7, 11) is -3.09. The third kappa shape index (κ3) is 4.78. The zero-order chi connectivity index (χ0) is 13.0. The fourth-order valence-electron chi connectivity index (χ4n) is 0.924. The Morgan fingerprint density at radius 2 is 1.50 bits per heavy atom. The number of hydrogen-bond acceptors (Lipinski definition) is 3. The maximum Gasteiger partial charge on any atom is 0.156 e. The van der Waals surface area contributed by atoms with Crippen molar-refractivity contribution < 1.29 is 8.42 Å². The Morgan fingerprint density at radius 1 is 1.06 bits per heavy atom. The van der Waals surface area contributed by atoms with Gasteiger partial charge in [0.05, 0.1) is 10.5 Å². The molecule has 0 spiro atoms. The second-order valence-corrected chi connectivity index (χ2v) is 8.58. The molecule has 1 N–H and O–H groups in total. The van der Waals surface area contributed by atoms with Gasteiger partial charge in [0.2, 0.25) is 0 Å². The molecule has 0 unspecified atom stereocenters. The number of nitrogens with one attached hydrogen (secondary N) is 1. The maximum atomic E-state index is 11.8. The first-order valence-electron chi connectivity index (χ1n) is 5.17. The van der Waals surface area contributed by atoms with Crippen molar-refractivity contribution in [3.05, 3.63) is 0 Å². The predicted octanol–water partition coefficient (Wildman–Crippen LogP) is 2.03. The average molecular weight is 290 g/mol. The van der Waals surface area contributed by atoms with Crippen molar-refractivity contribution in [3.8, 4) is 0 Å². The van der Waals surface area contributed by atoms with E-state index in [4.69, 9.17) is 23.2 Å². The molecule has 6 heteroatoms. The van der Waals surface area contributed by atoms with Crippen LogP contribution >= 0.6 is 23.2 Å². The van der Waals surface area contributed by atoms with Crippen LogP contribution < -0.4 is 5.32 Å². The fraction of sp³-hybridized carbons (Fsp3) is 1.00. The van der Waals surface area contributed by atoms with Crippen LogP contribution in [0.1, 0.15) is 27.7 Å². The van der Waals surface area contributed by atoms with Crippen molar-refractivity contribution in [2.75, 3.05) is 24.1 Å². The summed E-state index contributed by atoms with van der Waals surface area (Å²) in [6, 6.07) is 0. The second-order valence-electron chi connectivity index (χ2n) is 5.19. The lowest BCUT2D eigenvalue weighted by Crippen LogP contribution is -2.48. The second kappa shape index (κ2) is 5.89. The SMILES string of the molecule is CC(CCl)(CCl)NCCS(=O)(=O)C(C)(C)C. The molecule has 0 saturated carbocycles. The van der Waals surface area contributed by atoms with Crippen LogP contribution in [-0.2, 0) is 9.84 Å². The Morgan fingerprint density at radius 3 is 1.81 bits per heavy atom. The van der Waals surface area contributed by atoms with Gasteiger partial charge < -0.3 is 5.32 Å². The number of hydrogen-bond donors (Lipinski definition) is 1. The van der Waals surface area contributed by atoms with Crippen molar-refractivity contribution in [1.29, 1.82) is 0 Å². The average Bonchev–Trinajstić information content (AvgIpc) is 2.15. The maximum absolute atomic E-state index is 11.8. The van der Waals surface area contributed by atoms with E-state index >= 15 is 0 Å². The molecular weight excluding hydrogens is 269 g/mol. The van der Waals surface area contributed by atoms with Gasteiger partial charge in [-0.15, -0.1) is 23.2 Å². The molecule has 0 aliphatic rings. The van der Waals surface area contributed by atoms with E-state index in [1.807, 2.05) is 6.92 Å². The monoisotopic (exact) mass is 289 g/mol. The molecule has 0 atom stereocenters. The van der Waals surface area contributed by atoms with Gasteiger partial charge in [-0.05, 0) is 27.7 Å². The van der Waals surface area contributed by atoms with E-state index in [-0.39, 0.29) is 5.75 Å². The molecule has 3 nitrogen and oxygen atoms in total. The highest BCUT2D eigenvalue weighted by Gasteiger charge is 2.29. The molecule has 0 aromatic heterocycles. The molecule has 0 aliphatic heterocycles. The van der Waals surface area contributed by atoms with E-state index in [2.05, 4.69) is 5.32 Å². The summed E-state index contributed by atoms with van der Waals surface area (Å²) in [4.78, 5) is 0. The van der Waals surface area contributed by atoms with Crippen molar-refractivity contribution >= 4 is 33.0 Å². The minimum absolute atomic E-state index is 0.0971. The molecule has 0 aromatic carbocycles. The zero-order valence-corrected chi connectivity index (χ0v) is 12.6. The highest BCUT2D eigenvalue weighted by Crippen LogP contribution is 2.16. The van der Waals surface area contributed by atoms with Gasteiger partial charge in [0.1, 0.15) is 0 Å². The lowest BCUT2D eigenvalue weighted by Gasteiger charge is -2.27. The van der Waals surface area contributed by atoms with Gasteiger partial charge in [-0.25, -0.2) is 8.42 Å². The standard InChI is InChI=1S/C10H21Cl2NO2S/c1-9(2,3)16(14,15)6-5-13-10(4,7-11)8-12/h13H,5-8H2,1-4H3. The lowest BCUT2D eigenvalue weighted by molar-refractivity contribution is 0.448. The van der Waals surface area contributed by atoms with Gasteiger partial charge in [0.25, 0.3) is 0 Å². The highest BCUT2D eigenvalue weighted by atomic mass is 35.5. The Bertz CT molecular complexity index is 305. The van der Waals surface area contributed by atoms with Crippen LogP contribution in [0.5, 0.6) is 0 Å². The molecular formula is C10H21Cl2NO2S. The Hall–Kier alpha value is 0.490. The first kappa shape index (κ1) is 16.5. The van der Waals surface area contributed by atoms with Gasteiger partial charge in [0.15, 0.2) is 9.84 Å². The first-order valence-corrected chi connectivity index (χ1v) is 7.89. The molecule has 0 heterocycles. The van der Waals surface area contributed by atoms with E-state index in [0.29, 0.717) is 18.3 Å². The summed E-state index contributed by atoms with van der Waals surface area (Å²) in [5, 5.41) is 3.08. The normalized spacial score (nSPS) is 14.1. The third-order valence-electron chi connectivity index (χ3n) is 2.45. The van der Waals surface area contributed by atoms with Crippen molar-refractivity contribution in [2.45, 2.75) is 38.0 Å². The van der Waals surface area contributed by atoms with Gasteiger partial charge in [-0.1, -0.05) is 0 Å². The molecule has 0 amide bonds. The van der Waals surface area contributed by atoms with Gasteiger partial charge in [-0.3, -0.25) is 0 Å². The molecule has 0 aliphatic carbocycles. The number of rotatable bonds is 6. The van der Waals surface area contributed by atoms with Crippen LogP contribution in [0.25, 0.3) is 0 Å². The van der Waals surface area contributed by atoms with Gasteiger partial charge in [-0.2, -0.15) is 0 Å². The van der Waals surface area contributed by atoms with E-state index < -0.39 is 20.1 Å². The van der Waals surface area contributed by atoms with E-state index in [1.165, 1.54) is 0 Å². The summed E-state index contributed by atoms with van der Waals surface area (Å²) in [6.07, 6.45) is 0. The first-order chi connectivity index (χ1) is 7.08. The topological polar surface area (TPSA) is 46.2 Å². The van der Waals surface area contributed by atoms with E-state index in [9.17, 15) is 8.42 Å². The Balaban J connectivity index is 4.29. The Kier molecular flexibility index (Phi) is 6.07. The van der Waals surface area contributed by atoms with Crippen molar-refractivity contribution in [1.82, 2.24) is 5.32 Å². The number of sulfone groups is 1. The number of alkyl halides is 2. The number of halogens is 2. The van der Waals surface area contributed by atoms with Crippen LogP contribution in [0.4, 0.5) is 0 Å². The molecule has 0 saturated heterocycles. The molecule has 0 fully saturated rings. The summed E-state index contributed by atoms with van der Waals surface area (Å²) < 4.78 is 22.9. The lowest BCUT2D eigenvalue weighted by atomic mass is 10.1. The molecule has 0 aromatic rings. The molecule has 0 rings (SSSR count). The fourth-order valence-corrected chi connectivity index (χ4v) is 2.38. The van der Waals surface area contributed by atoms with Gasteiger partial charge >= 0.3 is 0 Å². The summed E-state index contributed by atoms with van der Waals surface area (Å²) in [5.74, 6) is 0.804. The Labute approximate surface area is 109 Å². The van der Waals surface area contributed by atoms with Crippen molar-refractivity contribution in [2.24, 2.45) is 0 Å².